The number of ether oxygens (including phenoxy) is 16. The highest BCUT2D eigenvalue weighted by molar-refractivity contribution is 8.00. The monoisotopic (exact) mass is 2110 g/mol. The van der Waals surface area contributed by atoms with Crippen LogP contribution in [0.5, 0.6) is 0 Å². The van der Waals surface area contributed by atoms with Crippen LogP contribution in [-0.4, -0.2) is 321 Å². The number of fused-ring (bicyclic) bond motifs is 11. The van der Waals surface area contributed by atoms with E-state index >= 15 is 0 Å². The van der Waals surface area contributed by atoms with Crippen LogP contribution in [0, 0.1) is 4.64 Å². The number of epoxide rings is 1. The van der Waals surface area contributed by atoms with Gasteiger partial charge in [0.25, 0.3) is 0 Å². The molecule has 11 saturated heterocycles. The Bertz CT molecular complexity index is 5800. The number of nitrogens with zero attached hydrogens (tertiary/aromatic N) is 19. The molecular weight excluding hydrogens is 1980 g/mol. The van der Waals surface area contributed by atoms with E-state index in [1.54, 1.807) is 46.9 Å². The number of nitrogens with two attached hydrogens (primary N) is 5. The molecule has 0 amide bonds. The highest BCUT2D eigenvalue weighted by Crippen LogP contribution is 2.54. The number of aliphatic hydroxyl groups is 6. The highest BCUT2D eigenvalue weighted by Gasteiger charge is 2.62. The van der Waals surface area contributed by atoms with Gasteiger partial charge >= 0.3 is 0 Å². The number of rotatable bonds is 18. The Labute approximate surface area is 856 Å². The minimum Gasteiger partial charge on any atom is -0.394 e. The van der Waals surface area contributed by atoms with Crippen molar-refractivity contribution in [3.63, 3.8) is 0 Å². The number of nitrogens with one attached hydrogen (secondary N) is 1. The zero-order valence-electron chi connectivity index (χ0n) is 83.0. The molecule has 0 spiro atoms. The first-order valence-corrected chi connectivity index (χ1v) is 54.3. The summed E-state index contributed by atoms with van der Waals surface area (Å²) in [6.07, 6.45) is 17.7. The molecule has 145 heavy (non-hydrogen) atoms. The van der Waals surface area contributed by atoms with Crippen LogP contribution in [-0.2, 0) is 75.8 Å². The average Bonchev–Trinajstić information content (AvgIpc) is 1.60. The molecular formula is C93H131N25O22S5. The predicted octanol–water partition coefficient (Wildman–Crippen LogP) is 8.97. The average molecular weight is 2110 g/mol. The third-order valence-electron chi connectivity index (χ3n) is 29.3. The standard InChI is InChI=1S/2C19H27N5O4S.2C18H25N5O5S.C14H19N5O3S.C5H8O/c2*1-4-10-13-14(28-19(2,3)27-13)18(26-10)24-16-12(15(20)21-8-22-16)17(23-24)29-11-7-5-6-9(11)25;2*1-18(2)27-12-9(6-24)26-17(13(12)28-18)23-15-11(14(19)20-7-21-15)16(22-23)29-10-5-3-4-8(10)25;1-4-6-8-9(22-14(2,3)21-8)13(20-6)19-11-7(12(23)18-19)10(15)16-5-17-11;1-2-4-5(3-1)6-4/h2*8-11,13-14,18,25H,4-7H2,1-3H3,(H2,20,21,22);2*7-10,12-13,17,24-25H,3-6H2,1-2H3,(H2,19,20,21);5-6,8-9,13H,4H2,1-3H3,(H,18,23)(H2,15,16,17);4-5H,1-3H2/t9-,10+,11-,13+,14+,18+;9-,10-,11-,13-,14-,18-;8-,9+,10-,12+,13+,17+;8-,9-,10-,12-,13-,17-;6-,8-,9-,13-;/m01011./s1. The first-order chi connectivity index (χ1) is 69.4. The Hall–Kier alpha value is -7.51. The summed E-state index contributed by atoms with van der Waals surface area (Å²) in [4.78, 5) is 42.6. The summed E-state index contributed by atoms with van der Waals surface area (Å²) in [6.45, 7) is 24.6. The van der Waals surface area contributed by atoms with Gasteiger partial charge in [0, 0.05) is 21.0 Å². The van der Waals surface area contributed by atoms with Gasteiger partial charge in [-0.1, -0.05) is 80.0 Å². The summed E-state index contributed by atoms with van der Waals surface area (Å²) >= 11 is 11.4. The number of aromatic amines is 1. The van der Waals surface area contributed by atoms with Crippen molar-refractivity contribution in [3.8, 4) is 0 Å². The van der Waals surface area contributed by atoms with Crippen molar-refractivity contribution in [1.82, 2.24) is 98.7 Å². The van der Waals surface area contributed by atoms with E-state index in [0.717, 1.165) is 106 Å². The molecule has 5 aliphatic carbocycles. The molecule has 21 heterocycles. The summed E-state index contributed by atoms with van der Waals surface area (Å²) < 4.78 is 106. The van der Waals surface area contributed by atoms with E-state index in [0.29, 0.717) is 111 Å². The third kappa shape index (κ3) is 20.1. The van der Waals surface area contributed by atoms with Gasteiger partial charge in [-0.3, -0.25) is 5.10 Å². The van der Waals surface area contributed by atoms with Crippen molar-refractivity contribution >= 4 is 144 Å². The predicted molar refractivity (Wildman–Crippen MR) is 530 cm³/mol. The number of hydrogen-bond acceptors (Lipinski definition) is 46. The lowest BCUT2D eigenvalue weighted by atomic mass is 10.1. The molecule has 10 aromatic heterocycles. The number of nitrogen functional groups attached to an aromatic ring is 5. The van der Waals surface area contributed by atoms with Crippen LogP contribution < -0.4 is 28.7 Å². The van der Waals surface area contributed by atoms with E-state index in [2.05, 4.69) is 75.7 Å². The molecule has 0 radical (unpaired) electrons. The smallest absolute Gasteiger partial charge is 0.181 e. The van der Waals surface area contributed by atoms with Crippen molar-refractivity contribution in [2.45, 2.75) is 435 Å². The number of aromatic nitrogens is 20. The summed E-state index contributed by atoms with van der Waals surface area (Å²) in [7, 11) is 0. The van der Waals surface area contributed by atoms with E-state index in [1.165, 1.54) is 74.4 Å². The number of thioether (sulfide) groups is 4. The molecule has 30 atom stereocenters. The molecule has 0 bridgehead atoms. The first-order valence-electron chi connectivity index (χ1n) is 50.4. The van der Waals surface area contributed by atoms with Gasteiger partial charge < -0.3 is 135 Å². The molecule has 16 aliphatic rings. The molecule has 2 unspecified atom stereocenters. The molecule has 10 aromatic rings. The van der Waals surface area contributed by atoms with Gasteiger partial charge in [-0.2, -0.15) is 20.4 Å². The van der Waals surface area contributed by atoms with Crippen LogP contribution in [0.4, 0.5) is 29.1 Å². The molecule has 11 aliphatic heterocycles. The fraction of sp³-hybridized carbons (Fsp3) is 0.731. The van der Waals surface area contributed by atoms with Crippen molar-refractivity contribution in [3.05, 3.63) is 36.3 Å². The van der Waals surface area contributed by atoms with E-state index in [-0.39, 0.29) is 114 Å². The van der Waals surface area contributed by atoms with Crippen molar-refractivity contribution in [1.29, 1.82) is 0 Å². The van der Waals surface area contributed by atoms with E-state index in [1.807, 2.05) is 69.2 Å². The minimum atomic E-state index is -0.784. The maximum Gasteiger partial charge on any atom is 0.181 e. The fourth-order valence-corrected chi connectivity index (χ4v) is 28.2. The van der Waals surface area contributed by atoms with Gasteiger partial charge in [0.15, 0.2) is 88.3 Å². The lowest BCUT2D eigenvalue weighted by Crippen LogP contribution is -2.31. The molecule has 17 N–H and O–H groups in total. The number of H-pyrrole nitrogens is 1. The van der Waals surface area contributed by atoms with Crippen LogP contribution in [0.15, 0.2) is 51.7 Å². The Balaban J connectivity index is 0.000000105. The molecule has 47 nitrogen and oxygen atoms in total. The zero-order chi connectivity index (χ0) is 102. The quantitative estimate of drug-likeness (QED) is 0.0281. The van der Waals surface area contributed by atoms with Crippen LogP contribution in [0.2, 0.25) is 0 Å². The second-order valence-electron chi connectivity index (χ2n) is 41.6. The normalized spacial score (nSPS) is 36.2. The second-order valence-corrected chi connectivity index (χ2v) is 46.9. The molecule has 52 heteroatoms. The van der Waals surface area contributed by atoms with Crippen LogP contribution in [0.25, 0.3) is 55.2 Å². The maximum atomic E-state index is 10.3. The maximum absolute atomic E-state index is 10.3. The van der Waals surface area contributed by atoms with Gasteiger partial charge in [0.05, 0.1) is 95.1 Å². The van der Waals surface area contributed by atoms with Crippen molar-refractivity contribution in [2.24, 2.45) is 0 Å². The summed E-state index contributed by atoms with van der Waals surface area (Å²) in [6, 6.07) is 0. The van der Waals surface area contributed by atoms with Crippen LogP contribution in [0.1, 0.15) is 237 Å². The topological polar surface area (TPSA) is 623 Å². The van der Waals surface area contributed by atoms with E-state index in [4.69, 9.17) is 137 Å². The Morgan fingerprint density at radius 3 is 0.793 bits per heavy atom. The summed E-state index contributed by atoms with van der Waals surface area (Å²) in [5, 5.41) is 89.2. The Morgan fingerprint density at radius 2 is 0.552 bits per heavy atom. The second kappa shape index (κ2) is 40.9. The van der Waals surface area contributed by atoms with Crippen molar-refractivity contribution < 1.29 is 106 Å². The number of anilines is 5. The molecule has 5 saturated carbocycles. The van der Waals surface area contributed by atoms with E-state index in [9.17, 15) is 30.6 Å². The fourth-order valence-electron chi connectivity index (χ4n) is 22.6. The van der Waals surface area contributed by atoms with Crippen LogP contribution >= 0.6 is 59.3 Å². The van der Waals surface area contributed by atoms with Gasteiger partial charge in [-0.05, 0) is 185 Å². The molecule has 26 rings (SSSR count). The van der Waals surface area contributed by atoms with Gasteiger partial charge in [0.1, 0.15) is 159 Å². The third-order valence-corrected chi connectivity index (χ3v) is 35.0. The molecule has 790 valence electrons. The Kier molecular flexibility index (Phi) is 29.1. The summed E-state index contributed by atoms with van der Waals surface area (Å²) in [5.41, 5.74) is 33.6. The highest BCUT2D eigenvalue weighted by atomic mass is 32.2. The minimum absolute atomic E-state index is 0.0496. The van der Waals surface area contributed by atoms with Crippen molar-refractivity contribution in [2.75, 3.05) is 41.9 Å². The number of aliphatic hydroxyl groups excluding tert-OH is 6. The largest absolute Gasteiger partial charge is 0.394 e. The molecule has 16 fully saturated rings. The zero-order valence-corrected chi connectivity index (χ0v) is 87.1. The van der Waals surface area contributed by atoms with Gasteiger partial charge in [-0.25, -0.2) is 73.2 Å². The Morgan fingerprint density at radius 1 is 0.317 bits per heavy atom. The van der Waals surface area contributed by atoms with E-state index < -0.39 is 96.7 Å². The summed E-state index contributed by atoms with van der Waals surface area (Å²) in [5.74, 6) is -1.80. The number of hydrogen-bond donors (Lipinski definition) is 12. The van der Waals surface area contributed by atoms with Gasteiger partial charge in [0.2, 0.25) is 0 Å². The lowest BCUT2D eigenvalue weighted by Gasteiger charge is -2.24. The lowest BCUT2D eigenvalue weighted by molar-refractivity contribution is -0.201. The SMILES string of the molecule is C1CC2OC2C1.CC1(C)O[C@@H]2[C@H](O1)[C@@H](CO)O[C@H]2n1nc(S[C@@H]2CCC[C@H]2O)c2c(N)ncnc21.CC1(C)O[C@@H]2[C@H](O1)[C@@H](CO)O[C@H]2n1nc(S[C@H]2CCC[C@@H]2O)c2c(N)ncnc21.CC[C@H]1O[C@@H](n2[nH]c(=S)c3c(N)ncnc32)[C@@H]2OC(C)(C)O[C@@H]21.CC[C@H]1O[C@@H](n2nc(S[C@@H]3CCC[C@H]3O)c3c(N)ncnc32)[C@@H]2OC(C)(C)O[C@@H]21.CC[C@H]1O[C@@H](n2nc(S[C@H]3CCC[C@@H]3O)c3c(N)ncnc32)[C@@H]2OC(C)(C)O[C@@H]21. The van der Waals surface area contributed by atoms with Gasteiger partial charge in [-0.15, -0.1) is 0 Å². The first kappa shape index (κ1) is 103. The molecule has 0 aromatic carbocycles. The van der Waals surface area contributed by atoms with Crippen LogP contribution in [0.3, 0.4) is 0 Å².